The van der Waals surface area contributed by atoms with Gasteiger partial charge in [0, 0.05) is 6.54 Å². The molecular weight excluding hydrogens is 329 g/mol. The van der Waals surface area contributed by atoms with E-state index in [4.69, 9.17) is 23.2 Å². The lowest BCUT2D eigenvalue weighted by molar-refractivity contribution is 0.586. The van der Waals surface area contributed by atoms with Crippen LogP contribution in [0, 0.1) is 0 Å². The number of nitrogens with zero attached hydrogens (tertiary/aromatic N) is 1. The van der Waals surface area contributed by atoms with E-state index in [0.29, 0.717) is 11.6 Å². The van der Waals surface area contributed by atoms with Crippen LogP contribution in [0.5, 0.6) is 0 Å². The van der Waals surface area contributed by atoms with Crippen molar-refractivity contribution in [2.45, 2.75) is 17.7 Å². The molecule has 0 saturated heterocycles. The largest absolute Gasteiger partial charge is 0.266 e. The van der Waals surface area contributed by atoms with Crippen LogP contribution in [0.3, 0.4) is 0 Å². The summed E-state index contributed by atoms with van der Waals surface area (Å²) in [6.45, 7) is 0.472. The second-order valence-electron chi connectivity index (χ2n) is 4.89. The Morgan fingerprint density at radius 1 is 1.00 bits per heavy atom. The fourth-order valence-electron chi connectivity index (χ4n) is 2.51. The Morgan fingerprint density at radius 3 is 2.52 bits per heavy atom. The zero-order chi connectivity index (χ0) is 15.0. The first-order valence-electron chi connectivity index (χ1n) is 6.56. The average Bonchev–Trinajstić information content (AvgIpc) is 2.49. The molecule has 0 fully saturated rings. The normalized spacial score (nSPS) is 14.9. The van der Waals surface area contributed by atoms with Gasteiger partial charge >= 0.3 is 0 Å². The van der Waals surface area contributed by atoms with Gasteiger partial charge in [0.2, 0.25) is 0 Å². The van der Waals surface area contributed by atoms with Crippen molar-refractivity contribution in [3.63, 3.8) is 0 Å². The minimum atomic E-state index is -3.62. The maximum absolute atomic E-state index is 12.8. The van der Waals surface area contributed by atoms with Gasteiger partial charge in [-0.1, -0.05) is 41.4 Å². The average molecular weight is 342 g/mol. The van der Waals surface area contributed by atoms with Gasteiger partial charge in [-0.05, 0) is 42.7 Å². The monoisotopic (exact) mass is 341 g/mol. The molecule has 0 saturated carbocycles. The highest BCUT2D eigenvalue weighted by atomic mass is 35.5. The number of benzene rings is 2. The van der Waals surface area contributed by atoms with Crippen molar-refractivity contribution in [3.8, 4) is 0 Å². The maximum atomic E-state index is 12.8. The van der Waals surface area contributed by atoms with Crippen molar-refractivity contribution in [2.75, 3.05) is 10.8 Å². The van der Waals surface area contributed by atoms with Gasteiger partial charge in [0.25, 0.3) is 10.0 Å². The topological polar surface area (TPSA) is 37.4 Å². The molecule has 0 radical (unpaired) electrons. The van der Waals surface area contributed by atoms with Crippen molar-refractivity contribution >= 4 is 38.9 Å². The highest BCUT2D eigenvalue weighted by Crippen LogP contribution is 2.33. The highest BCUT2D eigenvalue weighted by Gasteiger charge is 2.29. The summed E-state index contributed by atoms with van der Waals surface area (Å²) in [4.78, 5) is 0.161. The molecule has 0 aliphatic carbocycles. The molecule has 21 heavy (non-hydrogen) atoms. The Balaban J connectivity index is 2.09. The van der Waals surface area contributed by atoms with Gasteiger partial charge in [-0.25, -0.2) is 8.42 Å². The third-order valence-electron chi connectivity index (χ3n) is 3.55. The van der Waals surface area contributed by atoms with Crippen LogP contribution in [0.2, 0.25) is 10.0 Å². The SMILES string of the molecule is O=S(=O)(c1ccc(Cl)c(Cl)c1)N1CCCc2ccccc21. The third-order valence-corrected chi connectivity index (χ3v) is 6.09. The first kappa shape index (κ1) is 14.7. The molecular formula is C15H13Cl2NO2S. The van der Waals surface area contributed by atoms with E-state index < -0.39 is 10.0 Å². The van der Waals surface area contributed by atoms with E-state index in [1.165, 1.54) is 22.5 Å². The minimum absolute atomic E-state index is 0.161. The Kier molecular flexibility index (Phi) is 3.86. The molecule has 0 atom stereocenters. The van der Waals surface area contributed by atoms with Crippen LogP contribution in [-0.4, -0.2) is 15.0 Å². The van der Waals surface area contributed by atoms with Crippen molar-refractivity contribution < 1.29 is 8.42 Å². The van der Waals surface area contributed by atoms with Gasteiger partial charge in [0.1, 0.15) is 0 Å². The van der Waals surface area contributed by atoms with E-state index in [1.807, 2.05) is 24.3 Å². The van der Waals surface area contributed by atoms with Crippen LogP contribution in [0.25, 0.3) is 0 Å². The van der Waals surface area contributed by atoms with Crippen LogP contribution >= 0.6 is 23.2 Å². The summed E-state index contributed by atoms with van der Waals surface area (Å²) in [6.07, 6.45) is 1.70. The van der Waals surface area contributed by atoms with Crippen molar-refractivity contribution in [1.29, 1.82) is 0 Å². The molecule has 0 unspecified atom stereocenters. The summed E-state index contributed by atoms with van der Waals surface area (Å²) >= 11 is 11.8. The molecule has 0 aromatic heterocycles. The number of para-hydroxylation sites is 1. The molecule has 1 aliphatic rings. The van der Waals surface area contributed by atoms with Gasteiger partial charge in [0.05, 0.1) is 20.6 Å². The van der Waals surface area contributed by atoms with Crippen LogP contribution in [0.1, 0.15) is 12.0 Å². The molecule has 1 aliphatic heterocycles. The first-order chi connectivity index (χ1) is 10.00. The summed E-state index contributed by atoms with van der Waals surface area (Å²) in [6, 6.07) is 12.0. The third kappa shape index (κ3) is 2.63. The van der Waals surface area contributed by atoms with E-state index in [2.05, 4.69) is 0 Å². The van der Waals surface area contributed by atoms with E-state index in [0.717, 1.165) is 24.1 Å². The molecule has 110 valence electrons. The molecule has 0 amide bonds. The van der Waals surface area contributed by atoms with Crippen LogP contribution < -0.4 is 4.31 Å². The molecule has 6 heteroatoms. The molecule has 2 aromatic rings. The van der Waals surface area contributed by atoms with E-state index in [-0.39, 0.29) is 9.92 Å². The van der Waals surface area contributed by atoms with Gasteiger partial charge in [-0.3, -0.25) is 4.31 Å². The predicted molar refractivity (Wildman–Crippen MR) is 85.8 cm³/mol. The van der Waals surface area contributed by atoms with E-state index in [1.54, 1.807) is 0 Å². The quantitative estimate of drug-likeness (QED) is 0.823. The fourth-order valence-corrected chi connectivity index (χ4v) is 4.44. The smallest absolute Gasteiger partial charge is 0.264 e. The zero-order valence-corrected chi connectivity index (χ0v) is 13.4. The standard InChI is InChI=1S/C15H13Cl2NO2S/c16-13-8-7-12(10-14(13)17)21(19,20)18-9-3-5-11-4-1-2-6-15(11)18/h1-2,4,6-8,10H,3,5,9H2. The molecule has 3 nitrogen and oxygen atoms in total. The van der Waals surface area contributed by atoms with Crippen molar-refractivity contribution in [2.24, 2.45) is 0 Å². The van der Waals surface area contributed by atoms with Crippen molar-refractivity contribution in [3.05, 3.63) is 58.1 Å². The number of anilines is 1. The van der Waals surface area contributed by atoms with E-state index >= 15 is 0 Å². The van der Waals surface area contributed by atoms with Gasteiger partial charge < -0.3 is 0 Å². The van der Waals surface area contributed by atoms with Crippen LogP contribution in [0.4, 0.5) is 5.69 Å². The lowest BCUT2D eigenvalue weighted by Crippen LogP contribution is -2.35. The number of hydrogen-bond donors (Lipinski definition) is 0. The fraction of sp³-hybridized carbons (Fsp3) is 0.200. The summed E-state index contributed by atoms with van der Waals surface area (Å²) in [7, 11) is -3.62. The lowest BCUT2D eigenvalue weighted by atomic mass is 10.0. The van der Waals surface area contributed by atoms with Gasteiger partial charge in [0.15, 0.2) is 0 Å². The Bertz CT molecular complexity index is 790. The maximum Gasteiger partial charge on any atom is 0.264 e. The number of rotatable bonds is 2. The minimum Gasteiger partial charge on any atom is -0.266 e. The number of halogens is 2. The lowest BCUT2D eigenvalue weighted by Gasteiger charge is -2.30. The van der Waals surface area contributed by atoms with Crippen LogP contribution in [0.15, 0.2) is 47.4 Å². The summed E-state index contributed by atoms with van der Waals surface area (Å²) in [5.41, 5.74) is 1.79. The van der Waals surface area contributed by atoms with Crippen LogP contribution in [-0.2, 0) is 16.4 Å². The predicted octanol–water partition coefficient (Wildman–Crippen LogP) is 4.13. The molecule has 0 N–H and O–H groups in total. The zero-order valence-electron chi connectivity index (χ0n) is 11.1. The molecule has 2 aromatic carbocycles. The summed E-state index contributed by atoms with van der Waals surface area (Å²) in [5, 5.41) is 0.581. The first-order valence-corrected chi connectivity index (χ1v) is 8.75. The second kappa shape index (κ2) is 5.52. The Labute approximate surface area is 134 Å². The van der Waals surface area contributed by atoms with E-state index in [9.17, 15) is 8.42 Å². The Hall–Kier alpha value is -1.23. The summed E-state index contributed by atoms with van der Waals surface area (Å²) in [5.74, 6) is 0. The van der Waals surface area contributed by atoms with Crippen molar-refractivity contribution in [1.82, 2.24) is 0 Å². The summed E-state index contributed by atoms with van der Waals surface area (Å²) < 4.78 is 27.1. The number of hydrogen-bond acceptors (Lipinski definition) is 2. The molecule has 0 bridgehead atoms. The number of sulfonamides is 1. The number of fused-ring (bicyclic) bond motifs is 1. The Morgan fingerprint density at radius 2 is 1.76 bits per heavy atom. The molecule has 0 spiro atoms. The number of aryl methyl sites for hydroxylation is 1. The van der Waals surface area contributed by atoms with Gasteiger partial charge in [-0.2, -0.15) is 0 Å². The van der Waals surface area contributed by atoms with Gasteiger partial charge in [-0.15, -0.1) is 0 Å². The molecule has 1 heterocycles. The highest BCUT2D eigenvalue weighted by molar-refractivity contribution is 7.92. The second-order valence-corrected chi connectivity index (χ2v) is 7.56. The molecule has 3 rings (SSSR count).